The summed E-state index contributed by atoms with van der Waals surface area (Å²) in [6.07, 6.45) is 19.4. The van der Waals surface area contributed by atoms with E-state index < -0.39 is 5.41 Å². The summed E-state index contributed by atoms with van der Waals surface area (Å²) in [7, 11) is 0. The van der Waals surface area contributed by atoms with Gasteiger partial charge in [-0.15, -0.1) is 0 Å². The first kappa shape index (κ1) is 31.5. The number of hydrogen-bond donors (Lipinski definition) is 0. The molecule has 0 radical (unpaired) electrons. The summed E-state index contributed by atoms with van der Waals surface area (Å²) < 4.78 is 0. The molecule has 8 rings (SSSR count). The number of rotatable bonds is 8. The largest absolute Gasteiger partial charge is 0.265 e. The maximum absolute atomic E-state index is 4.77. The maximum atomic E-state index is 4.77. The zero-order chi connectivity index (χ0) is 34.1. The number of nitrogens with zero attached hydrogens (tertiary/aromatic N) is 1. The molecule has 2 aliphatic carbocycles. The first-order valence-corrected chi connectivity index (χ1v) is 17.6. The van der Waals surface area contributed by atoms with Crippen molar-refractivity contribution < 1.29 is 0 Å². The van der Waals surface area contributed by atoms with E-state index in [1.165, 1.54) is 61.3 Å². The van der Waals surface area contributed by atoms with Crippen molar-refractivity contribution in [2.24, 2.45) is 10.9 Å². The fraction of sp³-hybridized carbons (Fsp3) is 0.122. The van der Waals surface area contributed by atoms with Crippen LogP contribution in [0.1, 0.15) is 47.9 Å². The topological polar surface area (TPSA) is 12.4 Å². The average molecular weight is 644 g/mol. The lowest BCUT2D eigenvalue weighted by Gasteiger charge is -2.34. The molecule has 3 unspecified atom stereocenters. The number of fused-ring (bicyclic) bond motifs is 3. The van der Waals surface area contributed by atoms with Crippen LogP contribution in [-0.2, 0) is 5.41 Å². The Labute approximate surface area is 296 Å². The van der Waals surface area contributed by atoms with E-state index >= 15 is 0 Å². The molecule has 0 N–H and O–H groups in total. The van der Waals surface area contributed by atoms with E-state index in [9.17, 15) is 0 Å². The third-order valence-electron chi connectivity index (χ3n) is 10.5. The highest BCUT2D eigenvalue weighted by molar-refractivity contribution is 5.89. The monoisotopic (exact) mass is 643 g/mol. The van der Waals surface area contributed by atoms with E-state index in [1.54, 1.807) is 0 Å². The second kappa shape index (κ2) is 13.3. The van der Waals surface area contributed by atoms with Gasteiger partial charge in [-0.1, -0.05) is 177 Å². The van der Waals surface area contributed by atoms with Gasteiger partial charge in [0.2, 0.25) is 0 Å². The van der Waals surface area contributed by atoms with Gasteiger partial charge in [0.15, 0.2) is 0 Å². The van der Waals surface area contributed by atoms with Gasteiger partial charge in [-0.25, -0.2) is 0 Å². The first-order chi connectivity index (χ1) is 24.5. The third kappa shape index (κ3) is 5.59. The van der Waals surface area contributed by atoms with Gasteiger partial charge in [0.05, 0.1) is 5.41 Å². The Morgan fingerprint density at radius 3 is 2.14 bits per heavy atom. The van der Waals surface area contributed by atoms with E-state index in [4.69, 9.17) is 11.6 Å². The maximum Gasteiger partial charge on any atom is 0.0707 e. The van der Waals surface area contributed by atoms with E-state index in [0.29, 0.717) is 11.8 Å². The SMILES string of the molecule is C=C(C)/C=C\C(=C)C1(c2ccccc2)c2ccccc2-c2cc(-c3ccc(-c4cccc(C5C=C(C6C=CC=CC6)N=CC5)c4)cc3)ccc21. The fourth-order valence-corrected chi connectivity index (χ4v) is 8.01. The van der Waals surface area contributed by atoms with Gasteiger partial charge in [0.1, 0.15) is 0 Å². The fourth-order valence-electron chi connectivity index (χ4n) is 8.01. The standard InChI is InChI=1S/C49H41N/c1-34(2)21-22-35(3)49(43-17-8-5-9-18-43)46-20-11-10-19-44(46)45-32-41(27-28-47(45)49)37-25-23-36(24-26-37)39-15-12-16-40(31-39)42-29-30-50-48(33-42)38-13-6-4-7-14-38/h4-13,15-28,30-33,38,42H,1,3,14,29H2,2H3/b22-21-. The van der Waals surface area contributed by atoms with Crippen LogP contribution >= 0.6 is 0 Å². The highest BCUT2D eigenvalue weighted by Gasteiger charge is 2.46. The van der Waals surface area contributed by atoms with Crippen molar-refractivity contribution in [2.45, 2.75) is 31.1 Å². The lowest BCUT2D eigenvalue weighted by atomic mass is 9.67. The number of aliphatic imine (C=N–C) groups is 1. The minimum atomic E-state index is -0.489. The Balaban J connectivity index is 1.13. The summed E-state index contributed by atoms with van der Waals surface area (Å²) in [4.78, 5) is 4.77. The van der Waals surface area contributed by atoms with Gasteiger partial charge >= 0.3 is 0 Å². The summed E-state index contributed by atoms with van der Waals surface area (Å²) in [5, 5.41) is 0. The van der Waals surface area contributed by atoms with Crippen LogP contribution in [0.4, 0.5) is 0 Å². The Kier molecular flexibility index (Phi) is 8.34. The Morgan fingerprint density at radius 2 is 1.38 bits per heavy atom. The van der Waals surface area contributed by atoms with Gasteiger partial charge < -0.3 is 0 Å². The summed E-state index contributed by atoms with van der Waals surface area (Å²) >= 11 is 0. The molecule has 0 saturated carbocycles. The number of hydrogen-bond acceptors (Lipinski definition) is 1. The molecule has 5 aromatic carbocycles. The van der Waals surface area contributed by atoms with Gasteiger partial charge in [-0.2, -0.15) is 0 Å². The second-order valence-electron chi connectivity index (χ2n) is 13.7. The van der Waals surface area contributed by atoms with Crippen molar-refractivity contribution in [2.75, 3.05) is 0 Å². The molecule has 1 heteroatoms. The molecule has 0 aromatic heterocycles. The molecule has 1 heterocycles. The minimum absolute atomic E-state index is 0.339. The van der Waals surface area contributed by atoms with Crippen molar-refractivity contribution in [1.29, 1.82) is 0 Å². The molecule has 3 atom stereocenters. The molecule has 0 fully saturated rings. The van der Waals surface area contributed by atoms with Crippen molar-refractivity contribution in [3.8, 4) is 33.4 Å². The number of allylic oxidation sites excluding steroid dienone is 9. The Morgan fingerprint density at radius 1 is 0.660 bits per heavy atom. The molecular weight excluding hydrogens is 603 g/mol. The van der Waals surface area contributed by atoms with E-state index in [-0.39, 0.29) is 0 Å². The predicted molar refractivity (Wildman–Crippen MR) is 212 cm³/mol. The van der Waals surface area contributed by atoms with Crippen LogP contribution in [0, 0.1) is 5.92 Å². The molecule has 50 heavy (non-hydrogen) atoms. The highest BCUT2D eigenvalue weighted by Crippen LogP contribution is 2.56. The van der Waals surface area contributed by atoms with Gasteiger partial charge in [-0.3, -0.25) is 4.99 Å². The molecule has 0 saturated heterocycles. The molecule has 1 aliphatic heterocycles. The number of benzene rings is 5. The quantitative estimate of drug-likeness (QED) is 0.149. The summed E-state index contributed by atoms with van der Waals surface area (Å²) in [5.74, 6) is 0.708. The van der Waals surface area contributed by atoms with E-state index in [2.05, 4.69) is 177 Å². The van der Waals surface area contributed by atoms with Crippen LogP contribution in [-0.4, -0.2) is 6.21 Å². The summed E-state index contributed by atoms with van der Waals surface area (Å²) in [6, 6.07) is 44.7. The average Bonchev–Trinajstić information content (AvgIpc) is 3.48. The molecule has 0 amide bonds. The van der Waals surface area contributed by atoms with Crippen LogP contribution < -0.4 is 0 Å². The summed E-state index contributed by atoms with van der Waals surface area (Å²) in [6.45, 7) is 10.8. The highest BCUT2D eigenvalue weighted by atomic mass is 14.8. The van der Waals surface area contributed by atoms with Crippen molar-refractivity contribution in [1.82, 2.24) is 0 Å². The van der Waals surface area contributed by atoms with E-state index in [0.717, 1.165) is 24.0 Å². The third-order valence-corrected chi connectivity index (χ3v) is 10.5. The Bertz CT molecular complexity index is 2260. The zero-order valence-electron chi connectivity index (χ0n) is 28.6. The van der Waals surface area contributed by atoms with Crippen LogP contribution in [0.3, 0.4) is 0 Å². The lowest BCUT2D eigenvalue weighted by molar-refractivity contribution is 0.726. The van der Waals surface area contributed by atoms with Crippen LogP contribution in [0.15, 0.2) is 199 Å². The summed E-state index contributed by atoms with van der Waals surface area (Å²) in [5.41, 5.74) is 15.2. The van der Waals surface area contributed by atoms with Crippen LogP contribution in [0.5, 0.6) is 0 Å². The van der Waals surface area contributed by atoms with Crippen LogP contribution in [0.25, 0.3) is 33.4 Å². The molecule has 5 aromatic rings. The lowest BCUT2D eigenvalue weighted by Crippen LogP contribution is -2.28. The van der Waals surface area contributed by atoms with Crippen molar-refractivity contribution in [3.63, 3.8) is 0 Å². The van der Waals surface area contributed by atoms with Crippen LogP contribution in [0.2, 0.25) is 0 Å². The van der Waals surface area contributed by atoms with Crippen molar-refractivity contribution in [3.05, 3.63) is 216 Å². The molecular formula is C49H41N. The van der Waals surface area contributed by atoms with Gasteiger partial charge in [0.25, 0.3) is 0 Å². The Hall–Kier alpha value is -5.79. The van der Waals surface area contributed by atoms with Gasteiger partial charge in [-0.05, 0) is 87.0 Å². The predicted octanol–water partition coefficient (Wildman–Crippen LogP) is 12.6. The van der Waals surface area contributed by atoms with E-state index in [1.807, 2.05) is 6.92 Å². The minimum Gasteiger partial charge on any atom is -0.265 e. The molecule has 0 bridgehead atoms. The first-order valence-electron chi connectivity index (χ1n) is 17.6. The second-order valence-corrected chi connectivity index (χ2v) is 13.7. The molecule has 1 nitrogen and oxygen atoms in total. The van der Waals surface area contributed by atoms with Crippen molar-refractivity contribution >= 4 is 6.21 Å². The van der Waals surface area contributed by atoms with Gasteiger partial charge in [0, 0.05) is 23.7 Å². The smallest absolute Gasteiger partial charge is 0.0707 e. The molecule has 242 valence electrons. The zero-order valence-corrected chi connectivity index (χ0v) is 28.6. The molecule has 3 aliphatic rings. The molecule has 0 spiro atoms. The normalized spacial score (nSPS) is 20.4.